The monoisotopic (exact) mass is 366 g/mol. The molecule has 2 aromatic carbocycles. The van der Waals surface area contributed by atoms with Crippen molar-refractivity contribution in [2.75, 3.05) is 43.1 Å². The number of rotatable bonds is 3. The number of aromatic hydroxyl groups is 1. The lowest BCUT2D eigenvalue weighted by atomic mass is 9.97. The van der Waals surface area contributed by atoms with Crippen molar-refractivity contribution >= 4 is 22.3 Å². The molecule has 5 nitrogen and oxygen atoms in total. The largest absolute Gasteiger partial charge is 0.504 e. The number of hydrogen-bond donors (Lipinski definition) is 1. The van der Waals surface area contributed by atoms with Gasteiger partial charge in [0.1, 0.15) is 17.6 Å². The lowest BCUT2D eigenvalue weighted by molar-refractivity contribution is 0.415. The zero-order valence-corrected chi connectivity index (χ0v) is 16.4. The third-order valence-electron chi connectivity index (χ3n) is 5.79. The van der Waals surface area contributed by atoms with Gasteiger partial charge in [0.05, 0.1) is 12.5 Å². The van der Waals surface area contributed by atoms with Gasteiger partial charge in [-0.15, -0.1) is 0 Å². The van der Waals surface area contributed by atoms with Crippen LogP contribution in [0.1, 0.15) is 16.7 Å². The average Bonchev–Trinajstić information content (AvgIpc) is 3.09. The van der Waals surface area contributed by atoms with Gasteiger partial charge in [-0.3, -0.25) is 0 Å². The molecule has 27 heavy (non-hydrogen) atoms. The standard InChI is InChI=1S/C22H26N2O3/c1-14-15(2)22-20(19(25)13-27-22)16(3)21(14)24-11-9-23(10-12-24)17-5-7-18(26-4)8-6-17/h5-8,13,25H,9-12H2,1-4H3. The molecule has 0 saturated carbocycles. The van der Waals surface area contributed by atoms with Crippen molar-refractivity contribution in [2.45, 2.75) is 20.8 Å². The second-order valence-electron chi connectivity index (χ2n) is 7.22. The van der Waals surface area contributed by atoms with E-state index in [0.29, 0.717) is 0 Å². The summed E-state index contributed by atoms with van der Waals surface area (Å²) in [4.78, 5) is 4.84. The number of benzene rings is 2. The van der Waals surface area contributed by atoms with Gasteiger partial charge in [0.25, 0.3) is 0 Å². The van der Waals surface area contributed by atoms with Crippen molar-refractivity contribution in [3.63, 3.8) is 0 Å². The summed E-state index contributed by atoms with van der Waals surface area (Å²) in [6.45, 7) is 10.1. The van der Waals surface area contributed by atoms with Crippen LogP contribution in [0, 0.1) is 20.8 Å². The van der Waals surface area contributed by atoms with Crippen LogP contribution in [0.15, 0.2) is 34.9 Å². The van der Waals surface area contributed by atoms with Crippen LogP contribution in [0.3, 0.4) is 0 Å². The van der Waals surface area contributed by atoms with E-state index in [1.165, 1.54) is 23.2 Å². The van der Waals surface area contributed by atoms with Crippen molar-refractivity contribution in [2.24, 2.45) is 0 Å². The van der Waals surface area contributed by atoms with Crippen LogP contribution >= 0.6 is 0 Å². The predicted molar refractivity (Wildman–Crippen MR) is 110 cm³/mol. The molecule has 0 radical (unpaired) electrons. The molecule has 5 heteroatoms. The summed E-state index contributed by atoms with van der Waals surface area (Å²) in [5, 5.41) is 11.1. The van der Waals surface area contributed by atoms with E-state index < -0.39 is 0 Å². The minimum atomic E-state index is 0.226. The van der Waals surface area contributed by atoms with Crippen LogP contribution in [0.2, 0.25) is 0 Å². The summed E-state index contributed by atoms with van der Waals surface area (Å²) in [6.07, 6.45) is 1.44. The first kappa shape index (κ1) is 17.6. The van der Waals surface area contributed by atoms with Crippen LogP contribution < -0.4 is 14.5 Å². The third-order valence-corrected chi connectivity index (χ3v) is 5.79. The van der Waals surface area contributed by atoms with Crippen LogP contribution in [-0.4, -0.2) is 38.4 Å². The van der Waals surface area contributed by atoms with E-state index >= 15 is 0 Å². The Morgan fingerprint density at radius 1 is 0.889 bits per heavy atom. The highest BCUT2D eigenvalue weighted by molar-refractivity contribution is 5.95. The highest BCUT2D eigenvalue weighted by Gasteiger charge is 2.24. The molecule has 1 aliphatic heterocycles. The van der Waals surface area contributed by atoms with Gasteiger partial charge < -0.3 is 24.1 Å². The van der Waals surface area contributed by atoms with E-state index in [9.17, 15) is 5.11 Å². The second kappa shape index (κ2) is 6.72. The summed E-state index contributed by atoms with van der Waals surface area (Å²) >= 11 is 0. The van der Waals surface area contributed by atoms with Gasteiger partial charge in [-0.1, -0.05) is 0 Å². The molecule has 1 N–H and O–H groups in total. The smallest absolute Gasteiger partial charge is 0.162 e. The molecular weight excluding hydrogens is 340 g/mol. The second-order valence-corrected chi connectivity index (χ2v) is 7.22. The number of piperazine rings is 1. The van der Waals surface area contributed by atoms with E-state index in [1.807, 2.05) is 12.1 Å². The molecule has 1 aliphatic rings. The summed E-state index contributed by atoms with van der Waals surface area (Å²) in [5.74, 6) is 1.11. The highest BCUT2D eigenvalue weighted by Crippen LogP contribution is 2.41. The average molecular weight is 366 g/mol. The molecule has 0 amide bonds. The minimum absolute atomic E-state index is 0.226. The van der Waals surface area contributed by atoms with E-state index in [0.717, 1.165) is 54.0 Å². The zero-order valence-electron chi connectivity index (χ0n) is 16.4. The lowest BCUT2D eigenvalue weighted by Gasteiger charge is -2.39. The van der Waals surface area contributed by atoms with Gasteiger partial charge in [-0.2, -0.15) is 0 Å². The molecule has 1 aromatic heterocycles. The van der Waals surface area contributed by atoms with Crippen molar-refractivity contribution < 1.29 is 14.3 Å². The lowest BCUT2D eigenvalue weighted by Crippen LogP contribution is -2.47. The van der Waals surface area contributed by atoms with Crippen molar-refractivity contribution in [1.82, 2.24) is 0 Å². The topological polar surface area (TPSA) is 49.1 Å². The molecular formula is C22H26N2O3. The van der Waals surface area contributed by atoms with E-state index in [4.69, 9.17) is 9.15 Å². The summed E-state index contributed by atoms with van der Waals surface area (Å²) in [7, 11) is 1.69. The maximum absolute atomic E-state index is 10.2. The van der Waals surface area contributed by atoms with Crippen molar-refractivity contribution in [3.8, 4) is 11.5 Å². The predicted octanol–water partition coefficient (Wildman–Crippen LogP) is 4.40. The molecule has 2 heterocycles. The molecule has 1 saturated heterocycles. The third kappa shape index (κ3) is 2.87. The number of furan rings is 1. The molecule has 3 aromatic rings. The molecule has 0 atom stereocenters. The number of anilines is 2. The highest BCUT2D eigenvalue weighted by atomic mass is 16.5. The Bertz CT molecular complexity index is 968. The van der Waals surface area contributed by atoms with E-state index in [2.05, 4.69) is 42.7 Å². The Hall–Kier alpha value is -2.82. The molecule has 1 fully saturated rings. The summed E-state index contributed by atoms with van der Waals surface area (Å²) in [6, 6.07) is 8.25. The molecule has 4 rings (SSSR count). The number of methoxy groups -OCH3 is 1. The SMILES string of the molecule is COc1ccc(N2CCN(c3c(C)c(C)c4occ(O)c4c3C)CC2)cc1. The first-order valence-corrected chi connectivity index (χ1v) is 9.35. The number of ether oxygens (including phenoxy) is 1. The first-order valence-electron chi connectivity index (χ1n) is 9.35. The Labute approximate surface area is 159 Å². The number of fused-ring (bicyclic) bond motifs is 1. The van der Waals surface area contributed by atoms with E-state index in [-0.39, 0.29) is 5.75 Å². The Balaban J connectivity index is 1.60. The van der Waals surface area contributed by atoms with Crippen LogP contribution in [0.4, 0.5) is 11.4 Å². The van der Waals surface area contributed by atoms with Crippen molar-refractivity contribution in [1.29, 1.82) is 0 Å². The van der Waals surface area contributed by atoms with Crippen LogP contribution in [-0.2, 0) is 0 Å². The van der Waals surface area contributed by atoms with Gasteiger partial charge in [0.2, 0.25) is 0 Å². The molecule has 0 bridgehead atoms. The van der Waals surface area contributed by atoms with Gasteiger partial charge >= 0.3 is 0 Å². The van der Waals surface area contributed by atoms with E-state index in [1.54, 1.807) is 7.11 Å². The fourth-order valence-electron chi connectivity index (χ4n) is 4.19. The van der Waals surface area contributed by atoms with Gasteiger partial charge in [-0.05, 0) is 61.7 Å². The summed E-state index contributed by atoms with van der Waals surface area (Å²) < 4.78 is 10.8. The van der Waals surface area contributed by atoms with Crippen LogP contribution in [0.5, 0.6) is 11.5 Å². The first-order chi connectivity index (χ1) is 13.0. The molecule has 0 aliphatic carbocycles. The van der Waals surface area contributed by atoms with Gasteiger partial charge in [-0.25, -0.2) is 0 Å². The quantitative estimate of drug-likeness (QED) is 0.745. The number of hydrogen-bond acceptors (Lipinski definition) is 5. The van der Waals surface area contributed by atoms with Crippen molar-refractivity contribution in [3.05, 3.63) is 47.2 Å². The van der Waals surface area contributed by atoms with Crippen LogP contribution in [0.25, 0.3) is 11.0 Å². The molecule has 0 unspecified atom stereocenters. The maximum Gasteiger partial charge on any atom is 0.162 e. The number of aryl methyl sites for hydroxylation is 2. The van der Waals surface area contributed by atoms with Gasteiger partial charge in [0, 0.05) is 37.6 Å². The minimum Gasteiger partial charge on any atom is -0.504 e. The Morgan fingerprint density at radius 3 is 2.15 bits per heavy atom. The number of nitrogens with zero attached hydrogens (tertiary/aromatic N) is 2. The normalized spacial score (nSPS) is 14.8. The Kier molecular flexibility index (Phi) is 4.38. The van der Waals surface area contributed by atoms with Gasteiger partial charge in [0.15, 0.2) is 5.75 Å². The molecule has 0 spiro atoms. The zero-order chi connectivity index (χ0) is 19.1. The molecule has 142 valence electrons. The fourth-order valence-corrected chi connectivity index (χ4v) is 4.19. The fraction of sp³-hybridized carbons (Fsp3) is 0.364. The maximum atomic E-state index is 10.2. The Morgan fingerprint density at radius 2 is 1.52 bits per heavy atom. The summed E-state index contributed by atoms with van der Waals surface area (Å²) in [5.41, 5.74) is 6.67.